The van der Waals surface area contributed by atoms with Crippen LogP contribution in [0.1, 0.15) is 39.0 Å². The third-order valence-electron chi connectivity index (χ3n) is 2.89. The average molecular weight is 229 g/mol. The molecule has 0 aromatic rings. The number of carbonyl (C=O) groups excluding carboxylic acids is 1. The molecule has 1 unspecified atom stereocenters. The lowest BCUT2D eigenvalue weighted by molar-refractivity contribution is -0.135. The summed E-state index contributed by atoms with van der Waals surface area (Å²) in [7, 11) is 0. The van der Waals surface area contributed by atoms with Crippen LogP contribution in [0.25, 0.3) is 0 Å². The van der Waals surface area contributed by atoms with Gasteiger partial charge < -0.3 is 14.7 Å². The van der Waals surface area contributed by atoms with Crippen molar-refractivity contribution in [2.75, 3.05) is 26.3 Å². The third-order valence-corrected chi connectivity index (χ3v) is 2.89. The Bertz CT molecular complexity index is 196. The maximum atomic E-state index is 11.9. The van der Waals surface area contributed by atoms with Gasteiger partial charge in [-0.15, -0.1) is 0 Å². The van der Waals surface area contributed by atoms with Crippen molar-refractivity contribution < 1.29 is 14.6 Å². The number of nitrogens with zero attached hydrogens (tertiary/aromatic N) is 1. The van der Waals surface area contributed by atoms with E-state index in [9.17, 15) is 4.79 Å². The van der Waals surface area contributed by atoms with Crippen LogP contribution in [0.5, 0.6) is 0 Å². The quantitative estimate of drug-likeness (QED) is 0.744. The molecule has 0 bridgehead atoms. The van der Waals surface area contributed by atoms with Crippen LogP contribution in [0, 0.1) is 0 Å². The Morgan fingerprint density at radius 1 is 1.44 bits per heavy atom. The van der Waals surface area contributed by atoms with Crippen LogP contribution in [0.3, 0.4) is 0 Å². The molecular weight excluding hydrogens is 206 g/mol. The van der Waals surface area contributed by atoms with E-state index in [1.165, 1.54) is 0 Å². The molecule has 1 N–H and O–H groups in total. The zero-order valence-corrected chi connectivity index (χ0v) is 10.2. The minimum absolute atomic E-state index is 0.0390. The monoisotopic (exact) mass is 229 g/mol. The summed E-state index contributed by atoms with van der Waals surface area (Å²) in [5.74, 6) is 0.114. The summed E-state index contributed by atoms with van der Waals surface area (Å²) in [6, 6.07) is 0. The highest BCUT2D eigenvalue weighted by Crippen LogP contribution is 2.16. The van der Waals surface area contributed by atoms with Gasteiger partial charge in [-0.2, -0.15) is 0 Å². The lowest BCUT2D eigenvalue weighted by Gasteiger charge is -2.26. The van der Waals surface area contributed by atoms with Crippen LogP contribution in [0.2, 0.25) is 0 Å². The highest BCUT2D eigenvalue weighted by atomic mass is 16.5. The van der Waals surface area contributed by atoms with E-state index in [0.717, 1.165) is 38.8 Å². The van der Waals surface area contributed by atoms with Crippen LogP contribution >= 0.6 is 0 Å². The smallest absolute Gasteiger partial charge is 0.225 e. The number of carbonyl (C=O) groups is 1. The summed E-state index contributed by atoms with van der Waals surface area (Å²) in [6.45, 7) is 4.03. The number of hydrogen-bond donors (Lipinski definition) is 1. The van der Waals surface area contributed by atoms with E-state index in [1.54, 1.807) is 4.90 Å². The van der Waals surface area contributed by atoms with Gasteiger partial charge in [0.25, 0.3) is 0 Å². The molecule has 0 saturated carbocycles. The minimum atomic E-state index is 0.0390. The van der Waals surface area contributed by atoms with Crippen molar-refractivity contribution >= 4 is 5.91 Å². The average Bonchev–Trinajstić information content (AvgIpc) is 2.30. The largest absolute Gasteiger partial charge is 0.395 e. The predicted molar refractivity (Wildman–Crippen MR) is 62.2 cm³/mol. The fourth-order valence-electron chi connectivity index (χ4n) is 2.04. The summed E-state index contributed by atoms with van der Waals surface area (Å²) < 4.78 is 5.55. The van der Waals surface area contributed by atoms with Gasteiger partial charge in [-0.05, 0) is 25.7 Å². The van der Waals surface area contributed by atoms with Crippen molar-refractivity contribution in [1.82, 2.24) is 4.90 Å². The number of ether oxygens (including phenoxy) is 1. The van der Waals surface area contributed by atoms with Crippen LogP contribution in [0.15, 0.2) is 0 Å². The summed E-state index contributed by atoms with van der Waals surface area (Å²) in [4.78, 5) is 13.7. The molecule has 0 aromatic heterocycles. The Morgan fingerprint density at radius 2 is 2.25 bits per heavy atom. The fraction of sp³-hybridized carbons (Fsp3) is 0.917. The Hall–Kier alpha value is -0.610. The Labute approximate surface area is 97.6 Å². The number of amides is 1. The molecule has 1 saturated heterocycles. The Morgan fingerprint density at radius 3 is 2.81 bits per heavy atom. The minimum Gasteiger partial charge on any atom is -0.395 e. The standard InChI is InChI=1S/C12H23NO3/c1-2-6-13(7-8-14)12(15)10-11-5-3-4-9-16-11/h11,14H,2-10H2,1H3. The topological polar surface area (TPSA) is 49.8 Å². The van der Waals surface area contributed by atoms with Crippen molar-refractivity contribution in [3.63, 3.8) is 0 Å². The maximum absolute atomic E-state index is 11.9. The normalized spacial score (nSPS) is 20.8. The molecule has 1 heterocycles. The fourth-order valence-corrected chi connectivity index (χ4v) is 2.04. The van der Waals surface area contributed by atoms with Gasteiger partial charge in [-0.1, -0.05) is 6.92 Å². The first kappa shape index (κ1) is 13.5. The van der Waals surface area contributed by atoms with E-state index in [0.29, 0.717) is 13.0 Å². The van der Waals surface area contributed by atoms with Gasteiger partial charge in [0.05, 0.1) is 19.1 Å². The van der Waals surface area contributed by atoms with Crippen LogP contribution in [-0.4, -0.2) is 48.3 Å². The van der Waals surface area contributed by atoms with Crippen molar-refractivity contribution in [1.29, 1.82) is 0 Å². The maximum Gasteiger partial charge on any atom is 0.225 e. The molecule has 4 heteroatoms. The lowest BCUT2D eigenvalue weighted by atomic mass is 10.1. The second kappa shape index (κ2) is 7.63. The summed E-state index contributed by atoms with van der Waals surface area (Å²) in [5.41, 5.74) is 0. The van der Waals surface area contributed by atoms with Gasteiger partial charge in [0.2, 0.25) is 5.91 Å². The first-order valence-electron chi connectivity index (χ1n) is 6.28. The highest BCUT2D eigenvalue weighted by Gasteiger charge is 2.20. The van der Waals surface area contributed by atoms with E-state index in [4.69, 9.17) is 9.84 Å². The molecule has 1 rings (SSSR count). The highest BCUT2D eigenvalue weighted by molar-refractivity contribution is 5.76. The Kier molecular flexibility index (Phi) is 6.42. The van der Waals surface area contributed by atoms with Crippen molar-refractivity contribution in [2.45, 2.75) is 45.1 Å². The van der Waals surface area contributed by atoms with Gasteiger partial charge >= 0.3 is 0 Å². The molecule has 4 nitrogen and oxygen atoms in total. The molecule has 1 fully saturated rings. The number of rotatable bonds is 6. The van der Waals surface area contributed by atoms with Gasteiger partial charge in [-0.3, -0.25) is 4.79 Å². The summed E-state index contributed by atoms with van der Waals surface area (Å²) in [5, 5.41) is 8.89. The molecule has 0 aromatic carbocycles. The SMILES string of the molecule is CCCN(CCO)C(=O)CC1CCCCO1. The van der Waals surface area contributed by atoms with Crippen LogP contribution in [-0.2, 0) is 9.53 Å². The molecule has 1 aliphatic rings. The van der Waals surface area contributed by atoms with E-state index >= 15 is 0 Å². The molecule has 0 spiro atoms. The van der Waals surface area contributed by atoms with Crippen LogP contribution < -0.4 is 0 Å². The molecule has 94 valence electrons. The molecular formula is C12H23NO3. The van der Waals surface area contributed by atoms with E-state index in [1.807, 2.05) is 6.92 Å². The Balaban J connectivity index is 2.34. The van der Waals surface area contributed by atoms with E-state index in [2.05, 4.69) is 0 Å². The van der Waals surface area contributed by atoms with Gasteiger partial charge in [-0.25, -0.2) is 0 Å². The second-order valence-corrected chi connectivity index (χ2v) is 4.30. The lowest BCUT2D eigenvalue weighted by Crippen LogP contribution is -2.37. The van der Waals surface area contributed by atoms with Crippen molar-refractivity contribution in [3.05, 3.63) is 0 Å². The second-order valence-electron chi connectivity index (χ2n) is 4.30. The zero-order valence-electron chi connectivity index (χ0n) is 10.2. The van der Waals surface area contributed by atoms with Gasteiger partial charge in [0.15, 0.2) is 0 Å². The summed E-state index contributed by atoms with van der Waals surface area (Å²) >= 11 is 0. The number of hydrogen-bond acceptors (Lipinski definition) is 3. The van der Waals surface area contributed by atoms with Crippen molar-refractivity contribution in [2.24, 2.45) is 0 Å². The molecule has 0 aliphatic carbocycles. The van der Waals surface area contributed by atoms with Gasteiger partial charge in [0, 0.05) is 19.7 Å². The predicted octanol–water partition coefficient (Wildman–Crippen LogP) is 1.18. The van der Waals surface area contributed by atoms with E-state index < -0.39 is 0 Å². The third kappa shape index (κ3) is 4.49. The van der Waals surface area contributed by atoms with Gasteiger partial charge in [0.1, 0.15) is 0 Å². The molecule has 16 heavy (non-hydrogen) atoms. The zero-order chi connectivity index (χ0) is 11.8. The van der Waals surface area contributed by atoms with Crippen molar-refractivity contribution in [3.8, 4) is 0 Å². The van der Waals surface area contributed by atoms with Crippen LogP contribution in [0.4, 0.5) is 0 Å². The number of aliphatic hydroxyl groups excluding tert-OH is 1. The number of aliphatic hydroxyl groups is 1. The molecule has 0 radical (unpaired) electrons. The molecule has 1 amide bonds. The first-order valence-corrected chi connectivity index (χ1v) is 6.28. The summed E-state index contributed by atoms with van der Waals surface area (Å²) in [6.07, 6.45) is 4.76. The first-order chi connectivity index (χ1) is 7.77. The molecule has 1 atom stereocenters. The molecule has 1 aliphatic heterocycles. The van der Waals surface area contributed by atoms with E-state index in [-0.39, 0.29) is 18.6 Å².